The highest BCUT2D eigenvalue weighted by Gasteiger charge is 2.07. The molecule has 0 radical (unpaired) electrons. The molecule has 3 aromatic rings. The smallest absolute Gasteiger partial charge is 0.300 e. The molecule has 0 spiro atoms. The van der Waals surface area contributed by atoms with E-state index in [-0.39, 0.29) is 0 Å². The molecule has 152 valence electrons. The topological polar surface area (TPSA) is 80.4 Å². The lowest BCUT2D eigenvalue weighted by molar-refractivity contribution is -0.134. The number of aliphatic carboxylic acids is 1. The third kappa shape index (κ3) is 8.87. The molecule has 0 aliphatic rings. The van der Waals surface area contributed by atoms with Crippen LogP contribution in [0.2, 0.25) is 15.1 Å². The second-order valence-corrected chi connectivity index (χ2v) is 7.96. The van der Waals surface area contributed by atoms with E-state index in [0.717, 1.165) is 28.3 Å². The molecule has 6 nitrogen and oxygen atoms in total. The number of nitrogens with zero attached hydrogens (tertiary/aromatic N) is 4. The molecule has 0 saturated heterocycles. The Kier molecular flexibility index (Phi) is 9.47. The van der Waals surface area contributed by atoms with Gasteiger partial charge in [0, 0.05) is 22.7 Å². The van der Waals surface area contributed by atoms with Crippen LogP contribution in [0, 0.1) is 0 Å². The Bertz CT molecular complexity index is 960. The Hall–Kier alpha value is -2.06. The van der Waals surface area contributed by atoms with Crippen LogP contribution >= 0.6 is 46.6 Å². The second-order valence-electron chi connectivity index (χ2n) is 5.63. The number of carboxylic acids is 1. The third-order valence-corrected chi connectivity index (χ3v) is 5.06. The van der Waals surface area contributed by atoms with Crippen LogP contribution in [0.4, 0.5) is 5.69 Å². The van der Waals surface area contributed by atoms with Gasteiger partial charge in [-0.3, -0.25) is 4.79 Å². The van der Waals surface area contributed by atoms with E-state index in [1.807, 2.05) is 24.3 Å². The Balaban J connectivity index is 0.000000687. The van der Waals surface area contributed by atoms with Crippen LogP contribution in [-0.2, 0) is 17.1 Å². The average molecular weight is 472 g/mol. The minimum Gasteiger partial charge on any atom is -0.481 e. The molecule has 10 heteroatoms. The molecule has 1 aromatic heterocycles. The molecule has 0 aliphatic heterocycles. The van der Waals surface area contributed by atoms with Gasteiger partial charge in [0.2, 0.25) is 0 Å². The number of halogens is 3. The molecule has 2 aromatic carbocycles. The number of hydrogen-bond acceptors (Lipinski definition) is 5. The summed E-state index contributed by atoms with van der Waals surface area (Å²) in [6.07, 6.45) is 3.15. The van der Waals surface area contributed by atoms with E-state index in [1.54, 1.807) is 41.0 Å². The fourth-order valence-electron chi connectivity index (χ4n) is 2.02. The van der Waals surface area contributed by atoms with Crippen LogP contribution in [0.15, 0.2) is 60.1 Å². The summed E-state index contributed by atoms with van der Waals surface area (Å²) in [7, 11) is 0. The minimum absolute atomic E-state index is 0.510. The monoisotopic (exact) mass is 470 g/mol. The second kappa shape index (κ2) is 11.8. The summed E-state index contributed by atoms with van der Waals surface area (Å²) in [6.45, 7) is 1.59. The first-order chi connectivity index (χ1) is 13.8. The van der Waals surface area contributed by atoms with Crippen molar-refractivity contribution in [2.45, 2.75) is 19.2 Å². The van der Waals surface area contributed by atoms with Crippen molar-refractivity contribution in [3.63, 3.8) is 0 Å². The quantitative estimate of drug-likeness (QED) is 0.365. The van der Waals surface area contributed by atoms with Crippen molar-refractivity contribution in [1.82, 2.24) is 14.8 Å². The maximum absolute atomic E-state index is 9.00. The van der Waals surface area contributed by atoms with Crippen molar-refractivity contribution in [2.24, 2.45) is 4.99 Å². The zero-order valence-electron chi connectivity index (χ0n) is 15.3. The van der Waals surface area contributed by atoms with Crippen LogP contribution in [0.1, 0.15) is 12.5 Å². The van der Waals surface area contributed by atoms with E-state index in [0.29, 0.717) is 22.3 Å². The normalized spacial score (nSPS) is 11.0. The zero-order chi connectivity index (χ0) is 21.2. The van der Waals surface area contributed by atoms with Crippen LogP contribution in [0.3, 0.4) is 0 Å². The predicted octanol–water partition coefficient (Wildman–Crippen LogP) is 5.99. The van der Waals surface area contributed by atoms with Crippen LogP contribution in [-0.4, -0.2) is 30.9 Å². The number of carbonyl (C=O) groups is 1. The van der Waals surface area contributed by atoms with Gasteiger partial charge in [-0.1, -0.05) is 46.9 Å². The minimum atomic E-state index is -0.833. The van der Waals surface area contributed by atoms with E-state index in [2.05, 4.69) is 15.1 Å². The van der Waals surface area contributed by atoms with E-state index < -0.39 is 5.97 Å². The van der Waals surface area contributed by atoms with E-state index in [9.17, 15) is 0 Å². The molecule has 0 aliphatic carbocycles. The van der Waals surface area contributed by atoms with Crippen LogP contribution in [0.25, 0.3) is 0 Å². The van der Waals surface area contributed by atoms with Gasteiger partial charge < -0.3 is 5.11 Å². The average Bonchev–Trinajstić information content (AvgIpc) is 3.16. The van der Waals surface area contributed by atoms with E-state index in [4.69, 9.17) is 44.7 Å². The first kappa shape index (κ1) is 23.2. The van der Waals surface area contributed by atoms with Gasteiger partial charge in [0.15, 0.2) is 0 Å². The lowest BCUT2D eigenvalue weighted by Crippen LogP contribution is -2.08. The molecule has 29 heavy (non-hydrogen) atoms. The summed E-state index contributed by atoms with van der Waals surface area (Å²) in [5, 5.41) is 14.2. The van der Waals surface area contributed by atoms with Gasteiger partial charge in [-0.05, 0) is 35.9 Å². The molecule has 0 atom stereocenters. The van der Waals surface area contributed by atoms with Gasteiger partial charge in [-0.25, -0.2) is 14.7 Å². The molecule has 0 unspecified atom stereocenters. The number of hydrogen-bond donors (Lipinski definition) is 1. The van der Waals surface area contributed by atoms with Gasteiger partial charge in [-0.2, -0.15) is 5.10 Å². The Labute approximate surface area is 187 Å². The highest BCUT2D eigenvalue weighted by molar-refractivity contribution is 8.13. The fourth-order valence-corrected chi connectivity index (χ4v) is 3.51. The molecule has 0 amide bonds. The van der Waals surface area contributed by atoms with Gasteiger partial charge >= 0.3 is 0 Å². The number of carboxylic acid groups (broad SMARTS) is 1. The van der Waals surface area contributed by atoms with Crippen molar-refractivity contribution in [3.8, 4) is 0 Å². The molecule has 1 heterocycles. The number of benzene rings is 2. The fraction of sp³-hybridized carbons (Fsp3) is 0.158. The maximum atomic E-state index is 9.00. The van der Waals surface area contributed by atoms with Gasteiger partial charge in [0.25, 0.3) is 5.97 Å². The highest BCUT2D eigenvalue weighted by atomic mass is 35.5. The molecular weight excluding hydrogens is 455 g/mol. The van der Waals surface area contributed by atoms with Crippen molar-refractivity contribution < 1.29 is 9.90 Å². The molecule has 0 bridgehead atoms. The van der Waals surface area contributed by atoms with Gasteiger partial charge in [0.05, 0.1) is 22.3 Å². The standard InChI is InChI=1S/C17H13Cl3N4S.C2H4O2/c18-13-3-1-12(2-4-13)9-25-17(8-24-11-21-10-22-24)23-16-6-5-14(19)7-15(16)20;1-2(3)4/h1-7,10-11H,8-9H2;1H3,(H,3,4). The van der Waals surface area contributed by atoms with Crippen molar-refractivity contribution in [1.29, 1.82) is 0 Å². The molecule has 0 fully saturated rings. The summed E-state index contributed by atoms with van der Waals surface area (Å²) in [4.78, 5) is 17.6. The van der Waals surface area contributed by atoms with Crippen molar-refractivity contribution in [3.05, 3.63) is 75.8 Å². The zero-order valence-corrected chi connectivity index (χ0v) is 18.4. The summed E-state index contributed by atoms with van der Waals surface area (Å²) in [6, 6.07) is 13.0. The highest BCUT2D eigenvalue weighted by Crippen LogP contribution is 2.29. The summed E-state index contributed by atoms with van der Waals surface area (Å²) < 4.78 is 1.72. The lowest BCUT2D eigenvalue weighted by Gasteiger charge is -2.08. The largest absolute Gasteiger partial charge is 0.481 e. The predicted molar refractivity (Wildman–Crippen MR) is 120 cm³/mol. The van der Waals surface area contributed by atoms with E-state index in [1.165, 1.54) is 6.33 Å². The van der Waals surface area contributed by atoms with Crippen LogP contribution < -0.4 is 0 Å². The summed E-state index contributed by atoms with van der Waals surface area (Å²) in [5.41, 5.74) is 1.83. The molecule has 3 rings (SSSR count). The molecular formula is C19H17Cl3N4O2S. The number of aromatic nitrogens is 3. The summed E-state index contributed by atoms with van der Waals surface area (Å²) >= 11 is 19.7. The maximum Gasteiger partial charge on any atom is 0.300 e. The summed E-state index contributed by atoms with van der Waals surface area (Å²) in [5.74, 6) is -0.0735. The Morgan fingerprint density at radius 3 is 2.38 bits per heavy atom. The van der Waals surface area contributed by atoms with Gasteiger partial charge in [-0.15, -0.1) is 11.8 Å². The van der Waals surface area contributed by atoms with Crippen molar-refractivity contribution >= 4 is 63.3 Å². The molecule has 0 saturated carbocycles. The first-order valence-corrected chi connectivity index (χ1v) is 10.4. The number of rotatable bonds is 5. The Morgan fingerprint density at radius 2 is 1.79 bits per heavy atom. The number of thioether (sulfide) groups is 1. The van der Waals surface area contributed by atoms with E-state index >= 15 is 0 Å². The molecule has 1 N–H and O–H groups in total. The Morgan fingerprint density at radius 1 is 1.14 bits per heavy atom. The number of aliphatic imine (C=N–C) groups is 1. The van der Waals surface area contributed by atoms with Crippen LogP contribution in [0.5, 0.6) is 0 Å². The van der Waals surface area contributed by atoms with Gasteiger partial charge in [0.1, 0.15) is 12.7 Å². The lowest BCUT2D eigenvalue weighted by atomic mass is 10.2. The SMILES string of the molecule is CC(=O)O.Clc1ccc(CSC(Cn2cncn2)=Nc2ccc(Cl)cc2Cl)cc1. The first-order valence-electron chi connectivity index (χ1n) is 8.25. The third-order valence-electron chi connectivity index (χ3n) is 3.24. The van der Waals surface area contributed by atoms with Crippen molar-refractivity contribution in [2.75, 3.05) is 0 Å².